The number of nitrogens with zero attached hydrogens (tertiary/aromatic N) is 2. The lowest BCUT2D eigenvalue weighted by atomic mass is 9.32. The van der Waals surface area contributed by atoms with E-state index < -0.39 is 0 Å². The number of amides is 2. The van der Waals surface area contributed by atoms with Crippen LogP contribution < -0.4 is 5.32 Å². The molecule has 1 saturated heterocycles. The Bertz CT molecular complexity index is 1420. The fraction of sp³-hybridized carbons (Fsp3) is 0.907. The van der Waals surface area contributed by atoms with Gasteiger partial charge in [-0.3, -0.25) is 9.59 Å². The van der Waals surface area contributed by atoms with Crippen molar-refractivity contribution in [2.24, 2.45) is 67.5 Å². The molecule has 6 heteroatoms. The maximum Gasteiger partial charge on any atom is 0.229 e. The molecule has 8 fully saturated rings. The van der Waals surface area contributed by atoms with Gasteiger partial charge >= 0.3 is 0 Å². The Balaban J connectivity index is 1.03. The van der Waals surface area contributed by atoms with E-state index in [0.29, 0.717) is 41.4 Å². The highest BCUT2D eigenvalue weighted by atomic mass is 16.3. The molecular weight excluding hydrogens is 606 g/mol. The zero-order valence-corrected chi connectivity index (χ0v) is 32.4. The van der Waals surface area contributed by atoms with Crippen molar-refractivity contribution < 1.29 is 14.7 Å². The van der Waals surface area contributed by atoms with E-state index in [1.165, 1.54) is 31.3 Å². The number of likely N-dealkylation sites (N-methyl/N-ethyl adjacent to an activating group) is 1. The number of aliphatic hydroxyl groups excluding tert-OH is 1. The third kappa shape index (κ3) is 4.25. The number of rotatable bonds is 5. The van der Waals surface area contributed by atoms with Gasteiger partial charge in [0, 0.05) is 37.6 Å². The minimum Gasteiger partial charge on any atom is -0.393 e. The summed E-state index contributed by atoms with van der Waals surface area (Å²) < 4.78 is 0. The van der Waals surface area contributed by atoms with E-state index in [4.69, 9.17) is 0 Å². The molecule has 13 atom stereocenters. The quantitative estimate of drug-likeness (QED) is 0.297. The van der Waals surface area contributed by atoms with Crippen molar-refractivity contribution in [3.8, 4) is 0 Å². The molecular formula is C43H69N3O3. The van der Waals surface area contributed by atoms with Crippen LogP contribution in [0.1, 0.15) is 132 Å². The molecule has 2 amide bonds. The van der Waals surface area contributed by atoms with Crippen LogP contribution >= 0.6 is 0 Å². The molecule has 7 aliphatic carbocycles. The smallest absolute Gasteiger partial charge is 0.229 e. The summed E-state index contributed by atoms with van der Waals surface area (Å²) in [6.45, 7) is 28.6. The number of fused-ring (bicyclic) bond motifs is 8. The molecule has 8 rings (SSSR count). The number of hydrogen-bond acceptors (Lipinski definition) is 4. The zero-order chi connectivity index (χ0) is 35.2. The third-order valence-corrected chi connectivity index (χ3v) is 19.3. The van der Waals surface area contributed by atoms with Crippen molar-refractivity contribution in [2.75, 3.05) is 32.7 Å². The summed E-state index contributed by atoms with van der Waals surface area (Å²) in [5, 5.41) is 14.8. The van der Waals surface area contributed by atoms with E-state index in [1.54, 1.807) is 0 Å². The third-order valence-electron chi connectivity index (χ3n) is 19.3. The maximum absolute atomic E-state index is 14.9. The number of allylic oxidation sites excluding steroid dienone is 1. The van der Waals surface area contributed by atoms with Crippen LogP contribution in [0.2, 0.25) is 0 Å². The van der Waals surface area contributed by atoms with Crippen molar-refractivity contribution >= 4 is 11.8 Å². The first-order valence-electron chi connectivity index (χ1n) is 20.6. The van der Waals surface area contributed by atoms with Crippen LogP contribution in [0.3, 0.4) is 0 Å². The van der Waals surface area contributed by atoms with E-state index in [9.17, 15) is 14.7 Å². The molecule has 0 spiro atoms. The first kappa shape index (κ1) is 34.7. The minimum atomic E-state index is -0.320. The molecule has 274 valence electrons. The molecule has 0 aromatic rings. The number of carbonyl (C=O) groups excluding carboxylic acids is 2. The van der Waals surface area contributed by atoms with Crippen molar-refractivity contribution in [1.29, 1.82) is 0 Å². The Morgan fingerprint density at radius 1 is 0.816 bits per heavy atom. The van der Waals surface area contributed by atoms with Crippen LogP contribution in [0.4, 0.5) is 0 Å². The number of aliphatic hydroxyl groups is 1. The van der Waals surface area contributed by atoms with Gasteiger partial charge in [0.25, 0.3) is 0 Å². The minimum absolute atomic E-state index is 0.0334. The van der Waals surface area contributed by atoms with E-state index >= 15 is 0 Å². The average Bonchev–Trinajstić information content (AvgIpc) is 3.33. The molecule has 0 radical (unpaired) electrons. The van der Waals surface area contributed by atoms with E-state index in [1.807, 2.05) is 0 Å². The summed E-state index contributed by atoms with van der Waals surface area (Å²) in [4.78, 5) is 33.4. The fourth-order valence-electron chi connectivity index (χ4n) is 15.8. The van der Waals surface area contributed by atoms with E-state index in [2.05, 4.69) is 77.1 Å². The van der Waals surface area contributed by atoms with Crippen LogP contribution in [0.15, 0.2) is 12.2 Å². The fourth-order valence-corrected chi connectivity index (χ4v) is 15.8. The highest BCUT2D eigenvalue weighted by Crippen LogP contribution is 2.79. The van der Waals surface area contributed by atoms with Crippen molar-refractivity contribution in [3.63, 3.8) is 0 Å². The Morgan fingerprint density at radius 3 is 2.18 bits per heavy atom. The molecule has 1 aliphatic heterocycles. The van der Waals surface area contributed by atoms with Crippen LogP contribution in [0.5, 0.6) is 0 Å². The van der Waals surface area contributed by atoms with Gasteiger partial charge in [-0.2, -0.15) is 0 Å². The van der Waals surface area contributed by atoms with Gasteiger partial charge in [0.1, 0.15) is 0 Å². The Kier molecular flexibility index (Phi) is 7.66. The second kappa shape index (κ2) is 10.8. The highest BCUT2D eigenvalue weighted by Gasteiger charge is 2.81. The Labute approximate surface area is 298 Å². The standard InChI is InChI=1S/C43H69N3O3/c1-10-45-21-23-46(24-22-45)36(49)43-25-32(41(43,9)26-43)44-35(48)42-18-13-28(27(2)3)34(42)29-11-12-31-38(6)16-15-33(47)37(4,5)30(38)14-17-40(31,8)39(29,7)19-20-42/h28-34,47H,2,10-26H2,1,3-9H3,(H,44,48). The molecule has 0 aromatic carbocycles. The lowest BCUT2D eigenvalue weighted by molar-refractivity contribution is -0.246. The molecule has 0 bridgehead atoms. The second-order valence-electron chi connectivity index (χ2n) is 20.9. The molecule has 0 aromatic heterocycles. The van der Waals surface area contributed by atoms with Gasteiger partial charge < -0.3 is 20.2 Å². The summed E-state index contributed by atoms with van der Waals surface area (Å²) in [6.07, 6.45) is 12.7. The number of nitrogens with one attached hydrogen (secondary N) is 1. The number of piperazine rings is 1. The topological polar surface area (TPSA) is 72.9 Å². The lowest BCUT2D eigenvalue weighted by Crippen LogP contribution is -2.68. The Morgan fingerprint density at radius 2 is 1.53 bits per heavy atom. The predicted molar refractivity (Wildman–Crippen MR) is 195 cm³/mol. The SMILES string of the molecule is C=C(C)C1CCC2(C(=O)NC3CC4(C(=O)N5CCN(CC)CC5)CC34C)CCC3(C)C(CCC4C5(C)CCC(O)C(C)(C)C5CCC43C)C12. The molecule has 13 unspecified atom stereocenters. The molecule has 8 aliphatic rings. The van der Waals surface area contributed by atoms with Gasteiger partial charge in [0.2, 0.25) is 11.8 Å². The number of carbonyl (C=O) groups is 2. The molecule has 2 N–H and O–H groups in total. The molecule has 1 heterocycles. The maximum atomic E-state index is 14.9. The summed E-state index contributed by atoms with van der Waals surface area (Å²) in [7, 11) is 0. The summed E-state index contributed by atoms with van der Waals surface area (Å²) in [5.41, 5.74) is 1.28. The summed E-state index contributed by atoms with van der Waals surface area (Å²) in [6, 6.07) is 0.113. The van der Waals surface area contributed by atoms with E-state index in [-0.39, 0.29) is 50.1 Å². The second-order valence-corrected chi connectivity index (χ2v) is 20.9. The van der Waals surface area contributed by atoms with Crippen LogP contribution in [-0.2, 0) is 9.59 Å². The predicted octanol–water partition coefficient (Wildman–Crippen LogP) is 7.45. The zero-order valence-electron chi connectivity index (χ0n) is 32.4. The average molecular weight is 676 g/mol. The van der Waals surface area contributed by atoms with Gasteiger partial charge in [-0.25, -0.2) is 0 Å². The summed E-state index contributed by atoms with van der Waals surface area (Å²) >= 11 is 0. The monoisotopic (exact) mass is 676 g/mol. The number of hydrogen-bond donors (Lipinski definition) is 2. The summed E-state index contributed by atoms with van der Waals surface area (Å²) in [5.74, 6) is 3.18. The largest absolute Gasteiger partial charge is 0.393 e. The molecule has 7 saturated carbocycles. The van der Waals surface area contributed by atoms with Crippen molar-refractivity contribution in [2.45, 2.75) is 145 Å². The van der Waals surface area contributed by atoms with Crippen LogP contribution in [0, 0.1) is 67.5 Å². The molecule has 49 heavy (non-hydrogen) atoms. The van der Waals surface area contributed by atoms with Gasteiger partial charge in [-0.15, -0.1) is 0 Å². The Hall–Kier alpha value is -1.40. The molecule has 6 nitrogen and oxygen atoms in total. The van der Waals surface area contributed by atoms with Crippen LogP contribution in [0.25, 0.3) is 0 Å². The van der Waals surface area contributed by atoms with Gasteiger partial charge in [-0.05, 0) is 142 Å². The van der Waals surface area contributed by atoms with E-state index in [0.717, 1.165) is 84.1 Å². The first-order chi connectivity index (χ1) is 22.9. The van der Waals surface area contributed by atoms with Crippen molar-refractivity contribution in [3.05, 3.63) is 12.2 Å². The van der Waals surface area contributed by atoms with Gasteiger partial charge in [-0.1, -0.05) is 60.6 Å². The van der Waals surface area contributed by atoms with Gasteiger partial charge in [0.05, 0.1) is 16.9 Å². The highest BCUT2D eigenvalue weighted by molar-refractivity contribution is 5.91. The van der Waals surface area contributed by atoms with Crippen LogP contribution in [-0.4, -0.2) is 71.6 Å². The normalized spacial score (nSPS) is 52.8. The van der Waals surface area contributed by atoms with Gasteiger partial charge in [0.15, 0.2) is 0 Å². The first-order valence-corrected chi connectivity index (χ1v) is 20.6. The lowest BCUT2D eigenvalue weighted by Gasteiger charge is -2.72. The van der Waals surface area contributed by atoms with Crippen molar-refractivity contribution in [1.82, 2.24) is 15.1 Å².